The molecule has 2 aliphatic heterocycles. The first-order chi connectivity index (χ1) is 11.2. The van der Waals surface area contributed by atoms with Gasteiger partial charge in [0, 0.05) is 26.2 Å². The molecule has 2 aliphatic rings. The van der Waals surface area contributed by atoms with Crippen molar-refractivity contribution in [2.75, 3.05) is 31.1 Å². The Balaban J connectivity index is 1.47. The highest BCUT2D eigenvalue weighted by atomic mass is 32.1. The van der Waals surface area contributed by atoms with Crippen LogP contribution in [0.4, 0.5) is 9.52 Å². The fourth-order valence-electron chi connectivity index (χ4n) is 3.53. The molecule has 0 spiro atoms. The predicted molar refractivity (Wildman–Crippen MR) is 90.3 cm³/mol. The number of aromatic nitrogens is 1. The number of carbonyl (C=O) groups is 1. The molecule has 0 N–H and O–H groups in total. The molecular weight excluding hydrogens is 313 g/mol. The second-order valence-corrected chi connectivity index (χ2v) is 7.44. The van der Waals surface area contributed by atoms with E-state index in [0.717, 1.165) is 60.8 Å². The summed E-state index contributed by atoms with van der Waals surface area (Å²) in [6.45, 7) is 3.41. The maximum absolute atomic E-state index is 13.3. The van der Waals surface area contributed by atoms with E-state index in [9.17, 15) is 9.18 Å². The highest BCUT2D eigenvalue weighted by Gasteiger charge is 2.33. The summed E-state index contributed by atoms with van der Waals surface area (Å²) in [6.07, 6.45) is 4.39. The lowest BCUT2D eigenvalue weighted by atomic mass is 10.0. The fraction of sp³-hybridized carbons (Fsp3) is 0.529. The van der Waals surface area contributed by atoms with Crippen molar-refractivity contribution in [1.82, 2.24) is 9.88 Å². The van der Waals surface area contributed by atoms with Crippen molar-refractivity contribution < 1.29 is 9.18 Å². The summed E-state index contributed by atoms with van der Waals surface area (Å²) in [5, 5.41) is 0.902. The molecule has 3 heterocycles. The van der Waals surface area contributed by atoms with Crippen LogP contribution in [0.3, 0.4) is 0 Å². The van der Waals surface area contributed by atoms with Crippen molar-refractivity contribution in [3.63, 3.8) is 0 Å². The number of rotatable bonds is 2. The third-order valence-corrected chi connectivity index (χ3v) is 5.89. The molecule has 122 valence electrons. The number of benzene rings is 1. The number of fused-ring (bicyclic) bond motifs is 1. The second-order valence-electron chi connectivity index (χ2n) is 6.43. The van der Waals surface area contributed by atoms with Gasteiger partial charge in [-0.05, 0) is 43.9 Å². The van der Waals surface area contributed by atoms with Gasteiger partial charge in [-0.15, -0.1) is 0 Å². The van der Waals surface area contributed by atoms with Gasteiger partial charge in [-0.2, -0.15) is 0 Å². The zero-order chi connectivity index (χ0) is 15.8. The predicted octanol–water partition coefficient (Wildman–Crippen LogP) is 3.27. The van der Waals surface area contributed by atoms with Gasteiger partial charge < -0.3 is 9.80 Å². The van der Waals surface area contributed by atoms with Gasteiger partial charge in [0.2, 0.25) is 5.91 Å². The molecular formula is C17H20FN3OS. The molecule has 6 heteroatoms. The van der Waals surface area contributed by atoms with Crippen LogP contribution in [0.2, 0.25) is 0 Å². The van der Waals surface area contributed by atoms with Gasteiger partial charge in [0.1, 0.15) is 5.82 Å². The van der Waals surface area contributed by atoms with E-state index in [2.05, 4.69) is 9.88 Å². The molecule has 0 radical (unpaired) electrons. The number of carbonyl (C=O) groups excluding carboxylic acids is 1. The van der Waals surface area contributed by atoms with Crippen LogP contribution in [0.25, 0.3) is 10.2 Å². The minimum Gasteiger partial charge on any atom is -0.347 e. The zero-order valence-electron chi connectivity index (χ0n) is 13.0. The normalized spacial score (nSPS) is 22.0. The van der Waals surface area contributed by atoms with Crippen molar-refractivity contribution in [2.24, 2.45) is 5.92 Å². The lowest BCUT2D eigenvalue weighted by Gasteiger charge is -2.29. The Labute approximate surface area is 138 Å². The zero-order valence-corrected chi connectivity index (χ0v) is 13.8. The van der Waals surface area contributed by atoms with Crippen molar-refractivity contribution in [1.29, 1.82) is 0 Å². The highest BCUT2D eigenvalue weighted by Crippen LogP contribution is 2.33. The molecule has 2 fully saturated rings. The van der Waals surface area contributed by atoms with E-state index in [-0.39, 0.29) is 11.7 Å². The molecule has 2 aromatic rings. The van der Waals surface area contributed by atoms with Gasteiger partial charge >= 0.3 is 0 Å². The number of hydrogen-bond donors (Lipinski definition) is 0. The molecule has 23 heavy (non-hydrogen) atoms. The average molecular weight is 333 g/mol. The van der Waals surface area contributed by atoms with Crippen molar-refractivity contribution >= 4 is 32.6 Å². The fourth-order valence-corrected chi connectivity index (χ4v) is 4.56. The first kappa shape index (κ1) is 14.9. The standard InChI is InChI=1S/C17H20FN3OS/c18-13-4-5-14-15(10-13)23-17(19-14)21-9-6-12(11-21)16(22)20-7-2-1-3-8-20/h4-5,10,12H,1-3,6-9,11H2. The van der Waals surface area contributed by atoms with E-state index in [4.69, 9.17) is 0 Å². The number of piperidine rings is 1. The second kappa shape index (κ2) is 6.07. The molecule has 0 saturated carbocycles. The van der Waals surface area contributed by atoms with E-state index >= 15 is 0 Å². The number of nitrogens with zero attached hydrogens (tertiary/aromatic N) is 3. The quantitative estimate of drug-likeness (QED) is 0.846. The Morgan fingerprint density at radius 3 is 2.87 bits per heavy atom. The van der Waals surface area contributed by atoms with Gasteiger partial charge in [-0.1, -0.05) is 11.3 Å². The summed E-state index contributed by atoms with van der Waals surface area (Å²) in [6, 6.07) is 4.69. The third kappa shape index (κ3) is 2.92. The molecule has 4 nitrogen and oxygen atoms in total. The first-order valence-electron chi connectivity index (χ1n) is 8.30. The van der Waals surface area contributed by atoms with Crippen LogP contribution < -0.4 is 4.90 Å². The highest BCUT2D eigenvalue weighted by molar-refractivity contribution is 7.22. The number of amides is 1. The summed E-state index contributed by atoms with van der Waals surface area (Å²) >= 11 is 1.51. The number of hydrogen-bond acceptors (Lipinski definition) is 4. The SMILES string of the molecule is O=C(C1CCN(c2nc3ccc(F)cc3s2)C1)N1CCCCC1. The van der Waals surface area contributed by atoms with E-state index in [1.807, 2.05) is 4.90 Å². The summed E-state index contributed by atoms with van der Waals surface area (Å²) in [5.74, 6) is 0.156. The van der Waals surface area contributed by atoms with Crippen LogP contribution >= 0.6 is 11.3 Å². The molecule has 0 bridgehead atoms. The molecule has 0 aliphatic carbocycles. The number of thiazole rings is 1. The van der Waals surface area contributed by atoms with Crippen LogP contribution in [-0.2, 0) is 4.79 Å². The van der Waals surface area contributed by atoms with Gasteiger partial charge in [0.15, 0.2) is 5.13 Å². The van der Waals surface area contributed by atoms with E-state index < -0.39 is 0 Å². The maximum Gasteiger partial charge on any atom is 0.227 e. The molecule has 1 aromatic carbocycles. The number of halogens is 1. The Hall–Kier alpha value is -1.69. The van der Waals surface area contributed by atoms with Crippen LogP contribution in [-0.4, -0.2) is 42.0 Å². The smallest absolute Gasteiger partial charge is 0.227 e. The lowest BCUT2D eigenvalue weighted by molar-refractivity contribution is -0.135. The average Bonchev–Trinajstić information content (AvgIpc) is 3.21. The van der Waals surface area contributed by atoms with Gasteiger partial charge in [0.05, 0.1) is 16.1 Å². The monoisotopic (exact) mass is 333 g/mol. The van der Waals surface area contributed by atoms with Crippen LogP contribution in [0.15, 0.2) is 18.2 Å². The minimum absolute atomic E-state index is 0.0804. The Kier molecular flexibility index (Phi) is 3.93. The Bertz CT molecular complexity index is 726. The number of likely N-dealkylation sites (tertiary alicyclic amines) is 1. The lowest BCUT2D eigenvalue weighted by Crippen LogP contribution is -2.40. The van der Waals surface area contributed by atoms with Crippen molar-refractivity contribution in [3.05, 3.63) is 24.0 Å². The van der Waals surface area contributed by atoms with Crippen LogP contribution in [0.1, 0.15) is 25.7 Å². The Morgan fingerprint density at radius 2 is 2.04 bits per heavy atom. The van der Waals surface area contributed by atoms with Crippen LogP contribution in [0.5, 0.6) is 0 Å². The Morgan fingerprint density at radius 1 is 1.22 bits per heavy atom. The van der Waals surface area contributed by atoms with Crippen molar-refractivity contribution in [2.45, 2.75) is 25.7 Å². The molecule has 1 amide bonds. The molecule has 1 aromatic heterocycles. The first-order valence-corrected chi connectivity index (χ1v) is 9.12. The topological polar surface area (TPSA) is 36.4 Å². The summed E-state index contributed by atoms with van der Waals surface area (Å²) in [4.78, 5) is 21.4. The summed E-state index contributed by atoms with van der Waals surface area (Å²) in [7, 11) is 0. The minimum atomic E-state index is -0.229. The van der Waals surface area contributed by atoms with Gasteiger partial charge in [-0.3, -0.25) is 4.79 Å². The third-order valence-electron chi connectivity index (χ3n) is 4.81. The number of anilines is 1. The molecule has 1 atom stereocenters. The van der Waals surface area contributed by atoms with Crippen molar-refractivity contribution in [3.8, 4) is 0 Å². The maximum atomic E-state index is 13.3. The molecule has 4 rings (SSSR count). The van der Waals surface area contributed by atoms with E-state index in [1.165, 1.54) is 29.9 Å². The van der Waals surface area contributed by atoms with Gasteiger partial charge in [0.25, 0.3) is 0 Å². The summed E-state index contributed by atoms with van der Waals surface area (Å²) < 4.78 is 14.2. The van der Waals surface area contributed by atoms with E-state index in [1.54, 1.807) is 6.07 Å². The molecule has 2 saturated heterocycles. The van der Waals surface area contributed by atoms with E-state index in [0.29, 0.717) is 5.91 Å². The van der Waals surface area contributed by atoms with Gasteiger partial charge in [-0.25, -0.2) is 9.37 Å². The largest absolute Gasteiger partial charge is 0.347 e. The summed E-state index contributed by atoms with van der Waals surface area (Å²) in [5.41, 5.74) is 0.831. The van der Waals surface area contributed by atoms with Crippen LogP contribution in [0, 0.1) is 11.7 Å². The molecule has 1 unspecified atom stereocenters.